The highest BCUT2D eigenvalue weighted by Crippen LogP contribution is 2.30. The summed E-state index contributed by atoms with van der Waals surface area (Å²) in [6, 6.07) is 29.8. The molecule has 1 N–H and O–H groups in total. The van der Waals surface area contributed by atoms with E-state index < -0.39 is 30.7 Å². The van der Waals surface area contributed by atoms with E-state index in [1.54, 1.807) is 0 Å². The van der Waals surface area contributed by atoms with Gasteiger partial charge in [0.1, 0.15) is 24.4 Å². The zero-order valence-corrected chi connectivity index (χ0v) is 20.1. The van der Waals surface area contributed by atoms with Gasteiger partial charge in [0.2, 0.25) is 0 Å². The van der Waals surface area contributed by atoms with Gasteiger partial charge in [0.25, 0.3) is 0 Å². The summed E-state index contributed by atoms with van der Waals surface area (Å²) in [7, 11) is 0. The van der Waals surface area contributed by atoms with Crippen LogP contribution in [0.4, 0.5) is 0 Å². The Kier molecular flexibility index (Phi) is 9.84. The first kappa shape index (κ1) is 25.5. The van der Waals surface area contributed by atoms with E-state index in [1.165, 1.54) is 0 Å². The monoisotopic (exact) mass is 478 g/mol. The lowest BCUT2D eigenvalue weighted by molar-refractivity contribution is -0.189. The van der Waals surface area contributed by atoms with Crippen LogP contribution in [-0.4, -0.2) is 49.0 Å². The Morgan fingerprint density at radius 3 is 1.86 bits per heavy atom. The van der Waals surface area contributed by atoms with Crippen molar-refractivity contribution in [3.63, 3.8) is 0 Å². The molecule has 1 fully saturated rings. The summed E-state index contributed by atoms with van der Waals surface area (Å²) < 4.78 is 30.4. The third kappa shape index (κ3) is 7.45. The van der Waals surface area contributed by atoms with Crippen molar-refractivity contribution in [2.75, 3.05) is 13.2 Å². The number of ether oxygens (including phenoxy) is 5. The highest BCUT2D eigenvalue weighted by atomic mass is 16.7. The van der Waals surface area contributed by atoms with E-state index in [9.17, 15) is 5.11 Å². The summed E-state index contributed by atoms with van der Waals surface area (Å²) in [5, 5.41) is 11.0. The normalized spacial score (nSPS) is 22.8. The minimum absolute atomic E-state index is 0.281. The standard InChI is InChI=1S/C29H34O6/c1-2-32-29-26(30)28(34-20-24-16-10-5-11-17-24)27(35-29)25(33-19-23-14-8-4-9-15-23)21-31-18-22-12-6-3-7-13-22/h3-17,25-30H,2,18-21H2,1H3/t25?,26-,27-,28-,29-/m1/s1. The van der Waals surface area contributed by atoms with Crippen molar-refractivity contribution in [2.45, 2.75) is 57.5 Å². The van der Waals surface area contributed by atoms with Gasteiger partial charge >= 0.3 is 0 Å². The summed E-state index contributed by atoms with van der Waals surface area (Å²) in [4.78, 5) is 0. The molecule has 1 heterocycles. The molecule has 6 nitrogen and oxygen atoms in total. The van der Waals surface area contributed by atoms with E-state index in [2.05, 4.69) is 0 Å². The van der Waals surface area contributed by atoms with Gasteiger partial charge in [0, 0.05) is 6.61 Å². The second kappa shape index (κ2) is 13.5. The van der Waals surface area contributed by atoms with E-state index in [0.717, 1.165) is 16.7 Å². The molecule has 1 aliphatic heterocycles. The van der Waals surface area contributed by atoms with Gasteiger partial charge in [-0.3, -0.25) is 0 Å². The Bertz CT molecular complexity index is 968. The quantitative estimate of drug-likeness (QED) is 0.390. The van der Waals surface area contributed by atoms with E-state index in [-0.39, 0.29) is 6.61 Å². The Balaban J connectivity index is 1.48. The van der Waals surface area contributed by atoms with Gasteiger partial charge in [-0.15, -0.1) is 0 Å². The van der Waals surface area contributed by atoms with Crippen LogP contribution in [0.25, 0.3) is 0 Å². The highest BCUT2D eigenvalue weighted by molar-refractivity contribution is 5.15. The molecule has 3 aromatic rings. The van der Waals surface area contributed by atoms with Gasteiger partial charge in [-0.1, -0.05) is 91.0 Å². The number of hydrogen-bond acceptors (Lipinski definition) is 6. The lowest BCUT2D eigenvalue weighted by Gasteiger charge is -2.28. The van der Waals surface area contributed by atoms with Crippen molar-refractivity contribution < 1.29 is 28.8 Å². The first-order valence-electron chi connectivity index (χ1n) is 12.1. The van der Waals surface area contributed by atoms with Crippen LogP contribution in [0.1, 0.15) is 23.6 Å². The maximum absolute atomic E-state index is 11.0. The molecule has 0 spiro atoms. The summed E-state index contributed by atoms with van der Waals surface area (Å²) in [5.41, 5.74) is 3.13. The molecule has 5 atom stereocenters. The van der Waals surface area contributed by atoms with Crippen LogP contribution in [0.2, 0.25) is 0 Å². The number of rotatable bonds is 13. The molecule has 6 heteroatoms. The minimum Gasteiger partial charge on any atom is -0.385 e. The number of aliphatic hydroxyl groups excluding tert-OH is 1. The summed E-state index contributed by atoms with van der Waals surface area (Å²) in [5.74, 6) is 0. The predicted molar refractivity (Wildman–Crippen MR) is 132 cm³/mol. The molecule has 4 rings (SSSR count). The van der Waals surface area contributed by atoms with Crippen molar-refractivity contribution in [1.82, 2.24) is 0 Å². The van der Waals surface area contributed by atoms with Crippen molar-refractivity contribution in [3.05, 3.63) is 108 Å². The SMILES string of the molecule is CCO[C@@H]1O[C@H](C(COCc2ccccc2)OCc2ccccc2)[C@H](OCc2ccccc2)[C@H]1O. The van der Waals surface area contributed by atoms with Crippen LogP contribution in [0, 0.1) is 0 Å². The minimum atomic E-state index is -0.944. The Morgan fingerprint density at radius 1 is 0.743 bits per heavy atom. The van der Waals surface area contributed by atoms with E-state index in [4.69, 9.17) is 23.7 Å². The predicted octanol–water partition coefficient (Wildman–Crippen LogP) is 4.50. The van der Waals surface area contributed by atoms with Gasteiger partial charge in [-0.25, -0.2) is 0 Å². The summed E-state index contributed by atoms with van der Waals surface area (Å²) >= 11 is 0. The molecule has 0 bridgehead atoms. The van der Waals surface area contributed by atoms with Gasteiger partial charge in [0.15, 0.2) is 6.29 Å². The van der Waals surface area contributed by atoms with Crippen molar-refractivity contribution >= 4 is 0 Å². The highest BCUT2D eigenvalue weighted by Gasteiger charge is 2.49. The largest absolute Gasteiger partial charge is 0.385 e. The number of hydrogen-bond donors (Lipinski definition) is 1. The van der Waals surface area contributed by atoms with Crippen LogP contribution in [0.5, 0.6) is 0 Å². The lowest BCUT2D eigenvalue weighted by atomic mass is 10.1. The van der Waals surface area contributed by atoms with E-state index >= 15 is 0 Å². The lowest BCUT2D eigenvalue weighted by Crippen LogP contribution is -2.44. The summed E-state index contributed by atoms with van der Waals surface area (Å²) in [6.07, 6.45) is -3.40. The van der Waals surface area contributed by atoms with Gasteiger partial charge < -0.3 is 28.8 Å². The molecule has 35 heavy (non-hydrogen) atoms. The fourth-order valence-corrected chi connectivity index (χ4v) is 4.11. The zero-order valence-electron chi connectivity index (χ0n) is 20.1. The molecule has 0 amide bonds. The van der Waals surface area contributed by atoms with Gasteiger partial charge in [-0.2, -0.15) is 0 Å². The number of benzene rings is 3. The Labute approximate surface area is 207 Å². The molecular formula is C29H34O6. The van der Waals surface area contributed by atoms with Crippen LogP contribution in [0.15, 0.2) is 91.0 Å². The number of aliphatic hydroxyl groups is 1. The fourth-order valence-electron chi connectivity index (χ4n) is 4.11. The van der Waals surface area contributed by atoms with Crippen LogP contribution in [0.3, 0.4) is 0 Å². The third-order valence-corrected chi connectivity index (χ3v) is 5.91. The average molecular weight is 479 g/mol. The maximum atomic E-state index is 11.0. The Morgan fingerprint density at radius 2 is 1.29 bits per heavy atom. The topological polar surface area (TPSA) is 66.4 Å². The molecule has 1 unspecified atom stereocenters. The van der Waals surface area contributed by atoms with Crippen LogP contribution >= 0.6 is 0 Å². The molecule has 3 aromatic carbocycles. The average Bonchev–Trinajstić information content (AvgIpc) is 3.21. The van der Waals surface area contributed by atoms with Crippen LogP contribution < -0.4 is 0 Å². The van der Waals surface area contributed by atoms with Gasteiger partial charge in [0.05, 0.1) is 26.4 Å². The molecule has 0 aliphatic carbocycles. The molecule has 0 radical (unpaired) electrons. The molecule has 1 saturated heterocycles. The van der Waals surface area contributed by atoms with E-state index in [0.29, 0.717) is 26.4 Å². The third-order valence-electron chi connectivity index (χ3n) is 5.91. The Hall–Kier alpha value is -2.58. The first-order chi connectivity index (χ1) is 17.2. The van der Waals surface area contributed by atoms with Crippen molar-refractivity contribution in [1.29, 1.82) is 0 Å². The second-order valence-corrected chi connectivity index (χ2v) is 8.51. The molecule has 186 valence electrons. The molecule has 0 saturated carbocycles. The molecular weight excluding hydrogens is 444 g/mol. The van der Waals surface area contributed by atoms with Crippen LogP contribution in [-0.2, 0) is 43.5 Å². The first-order valence-corrected chi connectivity index (χ1v) is 12.1. The van der Waals surface area contributed by atoms with Crippen molar-refractivity contribution in [3.8, 4) is 0 Å². The smallest absolute Gasteiger partial charge is 0.186 e. The summed E-state index contributed by atoms with van der Waals surface area (Å²) in [6.45, 7) is 3.75. The molecule has 1 aliphatic rings. The van der Waals surface area contributed by atoms with E-state index in [1.807, 2.05) is 97.9 Å². The van der Waals surface area contributed by atoms with Crippen molar-refractivity contribution in [2.24, 2.45) is 0 Å². The zero-order chi connectivity index (χ0) is 24.3. The molecule has 0 aromatic heterocycles. The second-order valence-electron chi connectivity index (χ2n) is 8.51. The van der Waals surface area contributed by atoms with Gasteiger partial charge in [-0.05, 0) is 23.6 Å². The maximum Gasteiger partial charge on any atom is 0.186 e. The fraction of sp³-hybridized carbons (Fsp3) is 0.379.